The molecule has 1 atom stereocenters. The van der Waals surface area contributed by atoms with E-state index in [0.29, 0.717) is 24.8 Å². The third-order valence-corrected chi connectivity index (χ3v) is 2.64. The molecule has 0 spiro atoms. The number of benzene rings is 1. The van der Waals surface area contributed by atoms with Gasteiger partial charge in [0.15, 0.2) is 0 Å². The number of ether oxygens (including phenoxy) is 1. The molecule has 1 aromatic carbocycles. The van der Waals surface area contributed by atoms with Crippen LogP contribution in [0, 0.1) is 5.92 Å². The van der Waals surface area contributed by atoms with Gasteiger partial charge in [-0.25, -0.2) is 0 Å². The Kier molecular flexibility index (Phi) is 5.20. The lowest BCUT2D eigenvalue weighted by Gasteiger charge is -2.12. The van der Waals surface area contributed by atoms with E-state index >= 15 is 0 Å². The molecule has 0 N–H and O–H groups in total. The summed E-state index contributed by atoms with van der Waals surface area (Å²) in [7, 11) is 0. The van der Waals surface area contributed by atoms with E-state index in [1.807, 2.05) is 0 Å². The first-order valence-electron chi connectivity index (χ1n) is 5.83. The zero-order chi connectivity index (χ0) is 14.5. The topological polar surface area (TPSA) is 49.4 Å². The molecular formula is C13H14F3O3-. The summed E-state index contributed by atoms with van der Waals surface area (Å²) < 4.78 is 39.9. The van der Waals surface area contributed by atoms with Crippen LogP contribution in [0.4, 0.5) is 13.2 Å². The lowest BCUT2D eigenvalue weighted by atomic mass is 10.0. The quantitative estimate of drug-likeness (QED) is 0.800. The summed E-state index contributed by atoms with van der Waals surface area (Å²) in [5, 5.41) is 10.5. The molecule has 0 heterocycles. The summed E-state index contributed by atoms with van der Waals surface area (Å²) in [6.07, 6.45) is -3.23. The molecule has 6 heteroatoms. The standard InChI is InChI=1S/C13H15F3O3/c1-9(12(17)18)4-2-5-10-6-3-7-11(8-10)19-13(14,15)16/h3,6-9H,2,4-5H2,1H3,(H,17,18)/p-1. The number of rotatable bonds is 6. The van der Waals surface area contributed by atoms with Gasteiger partial charge in [-0.3, -0.25) is 0 Å². The van der Waals surface area contributed by atoms with Gasteiger partial charge in [0, 0.05) is 5.97 Å². The maximum absolute atomic E-state index is 12.0. The zero-order valence-corrected chi connectivity index (χ0v) is 10.4. The van der Waals surface area contributed by atoms with Gasteiger partial charge in [-0.1, -0.05) is 19.1 Å². The van der Waals surface area contributed by atoms with Crippen LogP contribution in [0.2, 0.25) is 0 Å². The van der Waals surface area contributed by atoms with Gasteiger partial charge >= 0.3 is 6.36 Å². The summed E-state index contributed by atoms with van der Waals surface area (Å²) in [5.41, 5.74) is 0.673. The molecule has 19 heavy (non-hydrogen) atoms. The second-order valence-corrected chi connectivity index (χ2v) is 4.31. The number of halogens is 3. The average Bonchev–Trinajstić information content (AvgIpc) is 2.26. The predicted molar refractivity (Wildman–Crippen MR) is 60.2 cm³/mol. The van der Waals surface area contributed by atoms with Crippen molar-refractivity contribution in [3.8, 4) is 5.75 Å². The normalized spacial score (nSPS) is 13.1. The van der Waals surface area contributed by atoms with Gasteiger partial charge < -0.3 is 14.6 Å². The molecule has 1 unspecified atom stereocenters. The molecule has 0 aromatic heterocycles. The Morgan fingerprint density at radius 3 is 2.68 bits per heavy atom. The zero-order valence-electron chi connectivity index (χ0n) is 10.4. The minimum atomic E-state index is -4.71. The lowest BCUT2D eigenvalue weighted by molar-refractivity contribution is -0.311. The average molecular weight is 275 g/mol. The number of carboxylic acid groups (broad SMARTS) is 1. The molecule has 0 aliphatic heterocycles. The van der Waals surface area contributed by atoms with Crippen molar-refractivity contribution in [1.82, 2.24) is 0 Å². The third-order valence-electron chi connectivity index (χ3n) is 2.64. The maximum Gasteiger partial charge on any atom is 0.573 e. The molecule has 0 radical (unpaired) electrons. The first kappa shape index (κ1) is 15.3. The van der Waals surface area contributed by atoms with Crippen LogP contribution < -0.4 is 9.84 Å². The van der Waals surface area contributed by atoms with Gasteiger partial charge in [-0.15, -0.1) is 13.2 Å². The fourth-order valence-electron chi connectivity index (χ4n) is 1.63. The summed E-state index contributed by atoms with van der Waals surface area (Å²) in [6, 6.07) is 5.67. The smallest absolute Gasteiger partial charge is 0.550 e. The lowest BCUT2D eigenvalue weighted by Crippen LogP contribution is -2.29. The van der Waals surface area contributed by atoms with Gasteiger partial charge in [0.1, 0.15) is 5.75 Å². The third kappa shape index (κ3) is 6.13. The Morgan fingerprint density at radius 2 is 2.11 bits per heavy atom. The van der Waals surface area contributed by atoms with Gasteiger partial charge in [-0.05, 0) is 42.9 Å². The van der Waals surface area contributed by atoms with E-state index < -0.39 is 18.2 Å². The van der Waals surface area contributed by atoms with E-state index in [4.69, 9.17) is 0 Å². The fraction of sp³-hybridized carbons (Fsp3) is 0.462. The van der Waals surface area contributed by atoms with Crippen LogP contribution in [0.1, 0.15) is 25.3 Å². The highest BCUT2D eigenvalue weighted by Gasteiger charge is 2.31. The van der Waals surface area contributed by atoms with Gasteiger partial charge in [-0.2, -0.15) is 0 Å². The molecular weight excluding hydrogens is 261 g/mol. The highest BCUT2D eigenvalue weighted by atomic mass is 19.4. The van der Waals surface area contributed by atoms with E-state index in [1.54, 1.807) is 13.0 Å². The minimum Gasteiger partial charge on any atom is -0.550 e. The van der Waals surface area contributed by atoms with Crippen molar-refractivity contribution in [2.24, 2.45) is 5.92 Å². The first-order chi connectivity index (χ1) is 8.78. The van der Waals surface area contributed by atoms with Crippen LogP contribution >= 0.6 is 0 Å². The number of hydrogen-bond donors (Lipinski definition) is 0. The Bertz CT molecular complexity index is 429. The van der Waals surface area contributed by atoms with Gasteiger partial charge in [0.25, 0.3) is 0 Å². The highest BCUT2D eigenvalue weighted by Crippen LogP contribution is 2.24. The second kappa shape index (κ2) is 6.45. The Labute approximate surface area is 109 Å². The molecule has 0 fully saturated rings. The van der Waals surface area contributed by atoms with Crippen molar-refractivity contribution >= 4 is 5.97 Å². The summed E-state index contributed by atoms with van der Waals surface area (Å²) >= 11 is 0. The second-order valence-electron chi connectivity index (χ2n) is 4.31. The number of aliphatic carboxylic acids is 1. The van der Waals surface area contributed by atoms with E-state index in [9.17, 15) is 23.1 Å². The van der Waals surface area contributed by atoms with E-state index in [2.05, 4.69) is 4.74 Å². The Balaban J connectivity index is 2.51. The summed E-state index contributed by atoms with van der Waals surface area (Å²) in [4.78, 5) is 10.5. The van der Waals surface area contributed by atoms with Crippen molar-refractivity contribution in [3.63, 3.8) is 0 Å². The fourth-order valence-corrected chi connectivity index (χ4v) is 1.63. The van der Waals surface area contributed by atoms with Crippen LogP contribution in [-0.4, -0.2) is 12.3 Å². The van der Waals surface area contributed by atoms with Crippen LogP contribution in [0.5, 0.6) is 5.75 Å². The van der Waals surface area contributed by atoms with E-state index in [1.165, 1.54) is 18.2 Å². The van der Waals surface area contributed by atoms with Crippen molar-refractivity contribution in [2.75, 3.05) is 0 Å². The van der Waals surface area contributed by atoms with E-state index in [0.717, 1.165) is 0 Å². The molecule has 0 amide bonds. The molecule has 0 aliphatic rings. The molecule has 0 saturated carbocycles. The van der Waals surface area contributed by atoms with Gasteiger partial charge in [0.05, 0.1) is 0 Å². The maximum atomic E-state index is 12.0. The largest absolute Gasteiger partial charge is 0.573 e. The molecule has 1 rings (SSSR count). The molecule has 1 aromatic rings. The van der Waals surface area contributed by atoms with Crippen molar-refractivity contribution < 1.29 is 27.8 Å². The molecule has 0 saturated heterocycles. The van der Waals surface area contributed by atoms with Gasteiger partial charge in [0.2, 0.25) is 0 Å². The monoisotopic (exact) mass is 275 g/mol. The molecule has 0 bridgehead atoms. The molecule has 106 valence electrons. The summed E-state index contributed by atoms with van der Waals surface area (Å²) in [6.45, 7) is 1.54. The SMILES string of the molecule is CC(CCCc1cccc(OC(F)(F)F)c1)C(=O)[O-]. The van der Waals surface area contributed by atoms with E-state index in [-0.39, 0.29) is 5.75 Å². The minimum absolute atomic E-state index is 0.266. The van der Waals surface area contributed by atoms with Crippen LogP contribution in [0.25, 0.3) is 0 Å². The number of hydrogen-bond acceptors (Lipinski definition) is 3. The molecule has 3 nitrogen and oxygen atoms in total. The first-order valence-corrected chi connectivity index (χ1v) is 5.83. The number of carbonyl (C=O) groups excluding carboxylic acids is 1. The number of aryl methyl sites for hydroxylation is 1. The van der Waals surface area contributed by atoms with Crippen molar-refractivity contribution in [3.05, 3.63) is 29.8 Å². The van der Waals surface area contributed by atoms with Crippen LogP contribution in [0.3, 0.4) is 0 Å². The highest BCUT2D eigenvalue weighted by molar-refractivity contribution is 5.66. The molecule has 0 aliphatic carbocycles. The Hall–Kier alpha value is -1.72. The Morgan fingerprint density at radius 1 is 1.42 bits per heavy atom. The van der Waals surface area contributed by atoms with Crippen molar-refractivity contribution in [2.45, 2.75) is 32.5 Å². The predicted octanol–water partition coefficient (Wildman–Crippen LogP) is 2.29. The summed E-state index contributed by atoms with van der Waals surface area (Å²) in [5.74, 6) is -1.94. The number of carbonyl (C=O) groups is 1. The number of carboxylic acids is 1. The number of alkyl halides is 3. The van der Waals surface area contributed by atoms with Crippen molar-refractivity contribution in [1.29, 1.82) is 0 Å². The van der Waals surface area contributed by atoms with Crippen LogP contribution in [0.15, 0.2) is 24.3 Å². The van der Waals surface area contributed by atoms with Crippen LogP contribution in [-0.2, 0) is 11.2 Å².